The summed E-state index contributed by atoms with van der Waals surface area (Å²) < 4.78 is 0. The van der Waals surface area contributed by atoms with Crippen molar-refractivity contribution in [2.75, 3.05) is 25.0 Å². The van der Waals surface area contributed by atoms with Crippen LogP contribution in [0.25, 0.3) is 0 Å². The van der Waals surface area contributed by atoms with Crippen LogP contribution in [0, 0.1) is 0 Å². The van der Waals surface area contributed by atoms with Gasteiger partial charge in [0, 0.05) is 31.5 Å². The second kappa shape index (κ2) is 7.24. The van der Waals surface area contributed by atoms with E-state index >= 15 is 0 Å². The first kappa shape index (κ1) is 16.4. The molecule has 5 heteroatoms. The topological polar surface area (TPSA) is 65.5 Å². The van der Waals surface area contributed by atoms with E-state index in [9.17, 15) is 9.90 Å². The normalized spacial score (nSPS) is 13.7. The molecule has 5 nitrogen and oxygen atoms in total. The number of carbonyl (C=O) groups is 1. The molecule has 0 bridgehead atoms. The van der Waals surface area contributed by atoms with Gasteiger partial charge in [0.15, 0.2) is 0 Å². The number of rotatable bonds is 7. The lowest BCUT2D eigenvalue weighted by Gasteiger charge is -2.22. The molecule has 1 heterocycles. The second-order valence-electron chi connectivity index (χ2n) is 5.11. The lowest BCUT2D eigenvalue weighted by atomic mass is 10.0. The lowest BCUT2D eigenvalue weighted by Crippen LogP contribution is -2.33. The van der Waals surface area contributed by atoms with Crippen molar-refractivity contribution in [1.82, 2.24) is 9.88 Å². The molecule has 1 unspecified atom stereocenters. The van der Waals surface area contributed by atoms with E-state index in [0.717, 1.165) is 5.69 Å². The van der Waals surface area contributed by atoms with E-state index in [1.54, 1.807) is 30.2 Å². The summed E-state index contributed by atoms with van der Waals surface area (Å²) in [5, 5.41) is 13.1. The highest BCUT2D eigenvalue weighted by Crippen LogP contribution is 2.14. The fourth-order valence-electron chi connectivity index (χ4n) is 1.75. The number of pyridine rings is 1. The molecule has 1 rings (SSSR count). The first-order valence-corrected chi connectivity index (χ1v) is 7.15. The van der Waals surface area contributed by atoms with E-state index in [1.807, 2.05) is 20.8 Å². The number of aliphatic hydroxyl groups is 1. The number of nitrogens with zero attached hydrogens (tertiary/aromatic N) is 2. The van der Waals surface area contributed by atoms with Crippen molar-refractivity contribution in [1.29, 1.82) is 0 Å². The Morgan fingerprint density at radius 2 is 2.05 bits per heavy atom. The summed E-state index contributed by atoms with van der Waals surface area (Å²) in [4.78, 5) is 18.1. The van der Waals surface area contributed by atoms with Crippen LogP contribution in [0.3, 0.4) is 0 Å². The number of nitrogens with one attached hydrogen (secondary N) is 1. The molecule has 20 heavy (non-hydrogen) atoms. The summed E-state index contributed by atoms with van der Waals surface area (Å²) >= 11 is 0. The Morgan fingerprint density at radius 1 is 1.40 bits per heavy atom. The molecule has 1 aromatic heterocycles. The summed E-state index contributed by atoms with van der Waals surface area (Å²) in [5.41, 5.74) is 0.464. The number of anilines is 1. The van der Waals surface area contributed by atoms with Crippen LogP contribution >= 0.6 is 0 Å². The molecule has 0 aliphatic heterocycles. The van der Waals surface area contributed by atoms with Gasteiger partial charge in [0.1, 0.15) is 5.69 Å². The highest BCUT2D eigenvalue weighted by Gasteiger charge is 2.18. The number of hydrogen-bond donors (Lipinski definition) is 2. The van der Waals surface area contributed by atoms with Crippen LogP contribution in [0.15, 0.2) is 18.3 Å². The Bertz CT molecular complexity index is 442. The van der Waals surface area contributed by atoms with E-state index < -0.39 is 5.60 Å². The standard InChI is InChI=1S/C15H25N3O2/c1-5-15(4,20)11-17-12-8-9-16-13(10-12)14(19)18(6-2)7-3/h8-10,20H,5-7,11H2,1-4H3,(H,16,17). The maximum absolute atomic E-state index is 12.2. The van der Waals surface area contributed by atoms with Crippen molar-refractivity contribution in [3.63, 3.8) is 0 Å². The van der Waals surface area contributed by atoms with Gasteiger partial charge >= 0.3 is 0 Å². The van der Waals surface area contributed by atoms with Gasteiger partial charge in [0.05, 0.1) is 5.60 Å². The van der Waals surface area contributed by atoms with E-state index in [1.165, 1.54) is 0 Å². The van der Waals surface area contributed by atoms with Gasteiger partial charge in [-0.05, 0) is 39.3 Å². The molecule has 112 valence electrons. The Labute approximate surface area is 121 Å². The van der Waals surface area contributed by atoms with Crippen molar-refractivity contribution in [2.45, 2.75) is 39.7 Å². The minimum absolute atomic E-state index is 0.0686. The molecule has 0 radical (unpaired) electrons. The van der Waals surface area contributed by atoms with Crippen LogP contribution < -0.4 is 5.32 Å². The van der Waals surface area contributed by atoms with Crippen molar-refractivity contribution < 1.29 is 9.90 Å². The summed E-state index contributed by atoms with van der Waals surface area (Å²) in [7, 11) is 0. The Morgan fingerprint density at radius 3 is 2.60 bits per heavy atom. The maximum atomic E-state index is 12.2. The molecule has 0 fully saturated rings. The molecule has 0 aromatic carbocycles. The SMILES string of the molecule is CCN(CC)C(=O)c1cc(NCC(C)(O)CC)ccn1. The van der Waals surface area contributed by atoms with E-state index in [4.69, 9.17) is 0 Å². The van der Waals surface area contributed by atoms with Gasteiger partial charge in [0.25, 0.3) is 5.91 Å². The van der Waals surface area contributed by atoms with E-state index in [-0.39, 0.29) is 5.91 Å². The minimum atomic E-state index is -0.758. The van der Waals surface area contributed by atoms with Crippen LogP contribution in [0.4, 0.5) is 5.69 Å². The third-order valence-corrected chi connectivity index (χ3v) is 3.46. The summed E-state index contributed by atoms with van der Waals surface area (Å²) in [5.74, 6) is -0.0686. The van der Waals surface area contributed by atoms with Gasteiger partial charge in [-0.3, -0.25) is 9.78 Å². The average Bonchev–Trinajstić information content (AvgIpc) is 2.47. The Balaban J connectivity index is 2.78. The first-order chi connectivity index (χ1) is 9.43. The third kappa shape index (κ3) is 4.49. The summed E-state index contributed by atoms with van der Waals surface area (Å²) in [6, 6.07) is 3.52. The zero-order valence-corrected chi connectivity index (χ0v) is 12.8. The van der Waals surface area contributed by atoms with Crippen molar-refractivity contribution in [3.05, 3.63) is 24.0 Å². The van der Waals surface area contributed by atoms with Gasteiger partial charge in [0.2, 0.25) is 0 Å². The number of carbonyl (C=O) groups excluding carboxylic acids is 1. The predicted octanol–water partition coefficient (Wildman–Crippen LogP) is 2.14. The van der Waals surface area contributed by atoms with Crippen LogP contribution in [-0.2, 0) is 0 Å². The Hall–Kier alpha value is -1.62. The number of aromatic nitrogens is 1. The molecule has 1 atom stereocenters. The minimum Gasteiger partial charge on any atom is -0.388 e. The zero-order chi connectivity index (χ0) is 15.2. The molecule has 0 spiro atoms. The highest BCUT2D eigenvalue weighted by molar-refractivity contribution is 5.93. The lowest BCUT2D eigenvalue weighted by molar-refractivity contribution is 0.0697. The monoisotopic (exact) mass is 279 g/mol. The molecule has 0 aliphatic carbocycles. The third-order valence-electron chi connectivity index (χ3n) is 3.46. The summed E-state index contributed by atoms with van der Waals surface area (Å²) in [6.07, 6.45) is 2.27. The van der Waals surface area contributed by atoms with Gasteiger partial charge < -0.3 is 15.3 Å². The fraction of sp³-hybridized carbons (Fsp3) is 0.600. The molecule has 0 aliphatic rings. The maximum Gasteiger partial charge on any atom is 0.272 e. The van der Waals surface area contributed by atoms with Crippen molar-refractivity contribution in [2.24, 2.45) is 0 Å². The quantitative estimate of drug-likeness (QED) is 0.802. The predicted molar refractivity (Wildman–Crippen MR) is 80.9 cm³/mol. The zero-order valence-electron chi connectivity index (χ0n) is 12.8. The van der Waals surface area contributed by atoms with Gasteiger partial charge in [-0.1, -0.05) is 6.92 Å². The van der Waals surface area contributed by atoms with Gasteiger partial charge in [-0.25, -0.2) is 0 Å². The van der Waals surface area contributed by atoms with Gasteiger partial charge in [-0.2, -0.15) is 0 Å². The second-order valence-corrected chi connectivity index (χ2v) is 5.11. The van der Waals surface area contributed by atoms with Crippen LogP contribution in [0.5, 0.6) is 0 Å². The largest absolute Gasteiger partial charge is 0.388 e. The van der Waals surface area contributed by atoms with E-state index in [0.29, 0.717) is 31.7 Å². The van der Waals surface area contributed by atoms with E-state index in [2.05, 4.69) is 10.3 Å². The van der Waals surface area contributed by atoms with Crippen LogP contribution in [0.1, 0.15) is 44.6 Å². The van der Waals surface area contributed by atoms with Crippen LogP contribution in [0.2, 0.25) is 0 Å². The summed E-state index contributed by atoms with van der Waals surface area (Å²) in [6.45, 7) is 9.38. The average molecular weight is 279 g/mol. The molecule has 0 saturated carbocycles. The fourth-order valence-corrected chi connectivity index (χ4v) is 1.75. The molecular weight excluding hydrogens is 254 g/mol. The molecule has 1 amide bonds. The molecule has 2 N–H and O–H groups in total. The molecular formula is C15H25N3O2. The van der Waals surface area contributed by atoms with Crippen molar-refractivity contribution >= 4 is 11.6 Å². The Kier molecular flexibility index (Phi) is 5.95. The highest BCUT2D eigenvalue weighted by atomic mass is 16.3. The molecule has 1 aromatic rings. The first-order valence-electron chi connectivity index (χ1n) is 7.15. The smallest absolute Gasteiger partial charge is 0.272 e. The number of amides is 1. The number of hydrogen-bond acceptors (Lipinski definition) is 4. The van der Waals surface area contributed by atoms with Crippen LogP contribution in [-0.4, -0.2) is 46.1 Å². The molecule has 0 saturated heterocycles. The van der Waals surface area contributed by atoms with Crippen molar-refractivity contribution in [3.8, 4) is 0 Å². The van der Waals surface area contributed by atoms with Gasteiger partial charge in [-0.15, -0.1) is 0 Å².